The minimum atomic E-state index is -0.854. The third-order valence-electron chi connectivity index (χ3n) is 2.99. The number of nitrogens with zero attached hydrogens (tertiary/aromatic N) is 1. The van der Waals surface area contributed by atoms with Crippen molar-refractivity contribution >= 4 is 16.9 Å². The molecule has 0 saturated carbocycles. The Bertz CT molecular complexity index is 567. The molecule has 0 saturated heterocycles. The van der Waals surface area contributed by atoms with Crippen LogP contribution in [0, 0.1) is 13.8 Å². The lowest BCUT2D eigenvalue weighted by atomic mass is 10.1. The number of aryl methyl sites for hydroxylation is 3. The monoisotopic (exact) mass is 217 g/mol. The van der Waals surface area contributed by atoms with Crippen molar-refractivity contribution in [1.29, 1.82) is 0 Å². The molecule has 84 valence electrons. The normalized spacial score (nSPS) is 10.9. The Balaban J connectivity index is 2.91. The van der Waals surface area contributed by atoms with E-state index in [1.807, 2.05) is 43.5 Å². The van der Waals surface area contributed by atoms with Gasteiger partial charge in [0, 0.05) is 17.4 Å². The molecule has 0 aliphatic rings. The molecule has 1 aromatic heterocycles. The smallest absolute Gasteiger partial charge is 0.352 e. The highest BCUT2D eigenvalue weighted by Crippen LogP contribution is 2.26. The summed E-state index contributed by atoms with van der Waals surface area (Å²) in [5.74, 6) is -0.854. The molecule has 3 nitrogen and oxygen atoms in total. The summed E-state index contributed by atoms with van der Waals surface area (Å²) in [5.41, 5.74) is 3.42. The highest BCUT2D eigenvalue weighted by Gasteiger charge is 2.18. The first-order valence-electron chi connectivity index (χ1n) is 5.39. The summed E-state index contributed by atoms with van der Waals surface area (Å²) in [5, 5.41) is 10.3. The molecule has 2 aromatic rings. The molecule has 3 heteroatoms. The number of carbonyl (C=O) groups is 1. The number of rotatable bonds is 2. The Labute approximate surface area is 94.3 Å². The SMILES string of the molecule is CCn1c(C(=O)O)c(C)c2ccc(C)cc21. The van der Waals surface area contributed by atoms with Gasteiger partial charge in [-0.2, -0.15) is 0 Å². The number of carboxylic acid groups (broad SMARTS) is 1. The van der Waals surface area contributed by atoms with Crippen LogP contribution in [0.2, 0.25) is 0 Å². The van der Waals surface area contributed by atoms with Crippen molar-refractivity contribution in [2.75, 3.05) is 0 Å². The van der Waals surface area contributed by atoms with E-state index in [4.69, 9.17) is 0 Å². The van der Waals surface area contributed by atoms with E-state index < -0.39 is 5.97 Å². The number of hydrogen-bond donors (Lipinski definition) is 1. The summed E-state index contributed by atoms with van der Waals surface area (Å²) in [4.78, 5) is 11.2. The summed E-state index contributed by atoms with van der Waals surface area (Å²) in [6, 6.07) is 6.05. The minimum Gasteiger partial charge on any atom is -0.477 e. The van der Waals surface area contributed by atoms with Gasteiger partial charge in [-0.05, 0) is 38.0 Å². The van der Waals surface area contributed by atoms with Gasteiger partial charge >= 0.3 is 5.97 Å². The lowest BCUT2D eigenvalue weighted by Crippen LogP contribution is -2.08. The molecule has 0 spiro atoms. The number of benzene rings is 1. The topological polar surface area (TPSA) is 42.2 Å². The summed E-state index contributed by atoms with van der Waals surface area (Å²) in [7, 11) is 0. The third-order valence-corrected chi connectivity index (χ3v) is 2.99. The Morgan fingerprint density at radius 1 is 1.38 bits per heavy atom. The molecule has 1 N–H and O–H groups in total. The molecule has 1 heterocycles. The Kier molecular flexibility index (Phi) is 2.46. The van der Waals surface area contributed by atoms with Crippen LogP contribution in [-0.4, -0.2) is 15.6 Å². The maximum absolute atomic E-state index is 11.2. The molecule has 16 heavy (non-hydrogen) atoms. The first-order valence-corrected chi connectivity index (χ1v) is 5.39. The van der Waals surface area contributed by atoms with Gasteiger partial charge in [-0.15, -0.1) is 0 Å². The number of hydrogen-bond acceptors (Lipinski definition) is 1. The number of aromatic nitrogens is 1. The highest BCUT2D eigenvalue weighted by atomic mass is 16.4. The Morgan fingerprint density at radius 3 is 2.62 bits per heavy atom. The molecule has 0 unspecified atom stereocenters. The molecule has 0 atom stereocenters. The van der Waals surface area contributed by atoms with Crippen molar-refractivity contribution < 1.29 is 9.90 Å². The van der Waals surface area contributed by atoms with Gasteiger partial charge in [-0.1, -0.05) is 12.1 Å². The van der Waals surface area contributed by atoms with Crippen LogP contribution in [0.1, 0.15) is 28.5 Å². The van der Waals surface area contributed by atoms with Crippen LogP contribution in [0.4, 0.5) is 0 Å². The van der Waals surface area contributed by atoms with Crippen LogP contribution in [-0.2, 0) is 6.54 Å². The fourth-order valence-corrected chi connectivity index (χ4v) is 2.24. The van der Waals surface area contributed by atoms with Crippen molar-refractivity contribution in [2.45, 2.75) is 27.3 Å². The van der Waals surface area contributed by atoms with Crippen LogP contribution in [0.25, 0.3) is 10.9 Å². The number of aromatic carboxylic acids is 1. The second-order valence-electron chi connectivity index (χ2n) is 4.04. The van der Waals surface area contributed by atoms with E-state index in [-0.39, 0.29) is 0 Å². The standard InChI is InChI=1S/C13H15NO2/c1-4-14-11-7-8(2)5-6-10(11)9(3)12(14)13(15)16/h5-7H,4H2,1-3H3,(H,15,16). The highest BCUT2D eigenvalue weighted by molar-refractivity contribution is 5.98. The second-order valence-corrected chi connectivity index (χ2v) is 4.04. The largest absolute Gasteiger partial charge is 0.477 e. The van der Waals surface area contributed by atoms with Crippen LogP contribution in [0.5, 0.6) is 0 Å². The van der Waals surface area contributed by atoms with Gasteiger partial charge in [0.2, 0.25) is 0 Å². The Hall–Kier alpha value is -1.77. The summed E-state index contributed by atoms with van der Waals surface area (Å²) < 4.78 is 1.86. The average Bonchev–Trinajstić information content (AvgIpc) is 2.50. The van der Waals surface area contributed by atoms with Crippen molar-refractivity contribution in [1.82, 2.24) is 4.57 Å². The summed E-state index contributed by atoms with van der Waals surface area (Å²) in [6.45, 7) is 6.53. The zero-order valence-electron chi connectivity index (χ0n) is 9.74. The predicted molar refractivity (Wildman–Crippen MR) is 64.0 cm³/mol. The average molecular weight is 217 g/mol. The lowest BCUT2D eigenvalue weighted by molar-refractivity contribution is 0.0685. The van der Waals surface area contributed by atoms with Crippen molar-refractivity contribution in [3.8, 4) is 0 Å². The molecular formula is C13H15NO2. The molecule has 0 fully saturated rings. The summed E-state index contributed by atoms with van der Waals surface area (Å²) >= 11 is 0. The molecule has 0 amide bonds. The molecule has 1 aromatic carbocycles. The third kappa shape index (κ3) is 1.40. The number of fused-ring (bicyclic) bond motifs is 1. The van der Waals surface area contributed by atoms with Gasteiger partial charge in [0.15, 0.2) is 0 Å². The van der Waals surface area contributed by atoms with Crippen LogP contribution < -0.4 is 0 Å². The van der Waals surface area contributed by atoms with Crippen molar-refractivity contribution in [3.63, 3.8) is 0 Å². The first-order chi connectivity index (χ1) is 7.56. The van der Waals surface area contributed by atoms with E-state index in [1.54, 1.807) is 0 Å². The zero-order valence-corrected chi connectivity index (χ0v) is 9.74. The van der Waals surface area contributed by atoms with E-state index >= 15 is 0 Å². The zero-order chi connectivity index (χ0) is 11.9. The molecule has 0 radical (unpaired) electrons. The van der Waals surface area contributed by atoms with E-state index in [1.165, 1.54) is 0 Å². The van der Waals surface area contributed by atoms with Gasteiger partial charge in [0.1, 0.15) is 5.69 Å². The van der Waals surface area contributed by atoms with E-state index in [9.17, 15) is 9.90 Å². The second kappa shape index (κ2) is 3.67. The minimum absolute atomic E-state index is 0.406. The van der Waals surface area contributed by atoms with E-state index in [0.29, 0.717) is 12.2 Å². The maximum atomic E-state index is 11.2. The first kappa shape index (κ1) is 10.7. The summed E-state index contributed by atoms with van der Waals surface area (Å²) in [6.07, 6.45) is 0. The Morgan fingerprint density at radius 2 is 2.06 bits per heavy atom. The van der Waals surface area contributed by atoms with Crippen molar-refractivity contribution in [3.05, 3.63) is 35.0 Å². The number of carboxylic acids is 1. The fourth-order valence-electron chi connectivity index (χ4n) is 2.24. The van der Waals surface area contributed by atoms with E-state index in [0.717, 1.165) is 22.0 Å². The molecule has 0 bridgehead atoms. The molecule has 0 aliphatic carbocycles. The van der Waals surface area contributed by atoms with Crippen LogP contribution in [0.15, 0.2) is 18.2 Å². The molecule has 0 aliphatic heterocycles. The van der Waals surface area contributed by atoms with Gasteiger partial charge in [-0.25, -0.2) is 4.79 Å². The fraction of sp³-hybridized carbons (Fsp3) is 0.308. The van der Waals surface area contributed by atoms with Crippen LogP contribution in [0.3, 0.4) is 0 Å². The van der Waals surface area contributed by atoms with Gasteiger partial charge in [0.25, 0.3) is 0 Å². The quantitative estimate of drug-likeness (QED) is 0.840. The van der Waals surface area contributed by atoms with Gasteiger partial charge in [-0.3, -0.25) is 0 Å². The van der Waals surface area contributed by atoms with E-state index in [2.05, 4.69) is 0 Å². The van der Waals surface area contributed by atoms with Crippen LogP contribution >= 0.6 is 0 Å². The molecular weight excluding hydrogens is 202 g/mol. The lowest BCUT2D eigenvalue weighted by Gasteiger charge is -2.04. The van der Waals surface area contributed by atoms with Gasteiger partial charge < -0.3 is 9.67 Å². The predicted octanol–water partition coefficient (Wildman–Crippen LogP) is 2.98. The van der Waals surface area contributed by atoms with Gasteiger partial charge in [0.05, 0.1) is 0 Å². The molecule has 2 rings (SSSR count). The van der Waals surface area contributed by atoms with Crippen molar-refractivity contribution in [2.24, 2.45) is 0 Å². The maximum Gasteiger partial charge on any atom is 0.352 e.